The van der Waals surface area contributed by atoms with Gasteiger partial charge in [-0.1, -0.05) is 24.3 Å². The number of aromatic nitrogens is 2. The summed E-state index contributed by atoms with van der Waals surface area (Å²) in [5.41, 5.74) is -0.435. The molecule has 0 amide bonds. The molecule has 0 unspecified atom stereocenters. The lowest BCUT2D eigenvalue weighted by atomic mass is 10.1. The number of nitrogens with one attached hydrogen (secondary N) is 2. The summed E-state index contributed by atoms with van der Waals surface area (Å²) in [6.07, 6.45) is 2.53. The number of benzene rings is 1. The van der Waals surface area contributed by atoms with Crippen LogP contribution in [-0.4, -0.2) is 22.2 Å². The molecular formula is C16H10N3O5-. The van der Waals surface area contributed by atoms with Crippen LogP contribution in [0.1, 0.15) is 16.1 Å². The lowest BCUT2D eigenvalue weighted by Gasteiger charge is -2.02. The summed E-state index contributed by atoms with van der Waals surface area (Å²) in [7, 11) is 0. The maximum atomic E-state index is 11.5. The van der Waals surface area contributed by atoms with Crippen LogP contribution in [0, 0.1) is 0 Å². The van der Waals surface area contributed by atoms with E-state index in [0.717, 1.165) is 0 Å². The Balaban J connectivity index is 1.82. The summed E-state index contributed by atoms with van der Waals surface area (Å²) >= 11 is 0. The summed E-state index contributed by atoms with van der Waals surface area (Å²) in [4.78, 5) is 41.5. The average Bonchev–Trinajstić information content (AvgIpc) is 3.03. The van der Waals surface area contributed by atoms with Gasteiger partial charge in [0.25, 0.3) is 5.56 Å². The number of hydrogen-bond donors (Lipinski definition) is 2. The quantitative estimate of drug-likeness (QED) is 0.672. The first-order valence-electron chi connectivity index (χ1n) is 6.80. The van der Waals surface area contributed by atoms with E-state index in [-0.39, 0.29) is 11.3 Å². The fraction of sp³-hybridized carbons (Fsp3) is 0. The zero-order valence-corrected chi connectivity index (χ0v) is 12.1. The zero-order valence-electron chi connectivity index (χ0n) is 12.1. The molecule has 3 aromatic rings. The van der Waals surface area contributed by atoms with Crippen LogP contribution < -0.4 is 16.4 Å². The zero-order chi connectivity index (χ0) is 17.1. The Labute approximate surface area is 134 Å². The minimum Gasteiger partial charge on any atom is -0.545 e. The Kier molecular flexibility index (Phi) is 3.94. The van der Waals surface area contributed by atoms with Gasteiger partial charge in [0.15, 0.2) is 0 Å². The third-order valence-electron chi connectivity index (χ3n) is 3.16. The smallest absolute Gasteiger partial charge is 0.325 e. The fourth-order valence-corrected chi connectivity index (χ4v) is 1.98. The lowest BCUT2D eigenvalue weighted by Crippen LogP contribution is -2.21. The molecule has 8 heteroatoms. The van der Waals surface area contributed by atoms with Gasteiger partial charge >= 0.3 is 5.69 Å². The maximum Gasteiger partial charge on any atom is 0.325 e. The summed E-state index contributed by atoms with van der Waals surface area (Å²) in [5, 5.41) is 10.7. The molecule has 0 saturated carbocycles. The molecule has 0 fully saturated rings. The molecule has 1 aromatic carbocycles. The molecule has 8 nitrogen and oxygen atoms in total. The van der Waals surface area contributed by atoms with Crippen molar-refractivity contribution in [2.24, 2.45) is 4.99 Å². The van der Waals surface area contributed by atoms with Crippen LogP contribution in [0.2, 0.25) is 0 Å². The Bertz CT molecular complexity index is 1020. The van der Waals surface area contributed by atoms with Crippen LogP contribution in [-0.2, 0) is 0 Å². The molecule has 0 aliphatic heterocycles. The second-order valence-electron chi connectivity index (χ2n) is 4.78. The van der Waals surface area contributed by atoms with Gasteiger partial charge in [-0.25, -0.2) is 9.79 Å². The number of rotatable bonds is 4. The summed E-state index contributed by atoms with van der Waals surface area (Å²) < 4.78 is 5.56. The number of carbonyl (C=O) groups excluding carboxylic acids is 1. The number of nitrogens with zero attached hydrogens (tertiary/aromatic N) is 1. The number of carbonyl (C=O) groups is 1. The van der Waals surface area contributed by atoms with Crippen molar-refractivity contribution in [1.29, 1.82) is 0 Å². The van der Waals surface area contributed by atoms with Crippen LogP contribution >= 0.6 is 0 Å². The molecule has 2 heterocycles. The van der Waals surface area contributed by atoms with Crippen molar-refractivity contribution in [3.8, 4) is 11.3 Å². The lowest BCUT2D eigenvalue weighted by molar-refractivity contribution is -0.255. The van der Waals surface area contributed by atoms with Crippen LogP contribution in [0.25, 0.3) is 11.3 Å². The first-order valence-corrected chi connectivity index (χ1v) is 6.80. The topological polar surface area (TPSA) is 131 Å². The van der Waals surface area contributed by atoms with Crippen molar-refractivity contribution in [2.75, 3.05) is 0 Å². The molecule has 0 aliphatic carbocycles. The Morgan fingerprint density at radius 3 is 2.54 bits per heavy atom. The van der Waals surface area contributed by atoms with Crippen molar-refractivity contribution in [2.45, 2.75) is 0 Å². The highest BCUT2D eigenvalue weighted by atomic mass is 16.4. The molecule has 3 rings (SSSR count). The van der Waals surface area contributed by atoms with Crippen molar-refractivity contribution < 1.29 is 14.3 Å². The third kappa shape index (κ3) is 3.22. The Hall–Kier alpha value is -3.68. The van der Waals surface area contributed by atoms with Gasteiger partial charge in [-0.05, 0) is 17.7 Å². The predicted molar refractivity (Wildman–Crippen MR) is 83.4 cm³/mol. The summed E-state index contributed by atoms with van der Waals surface area (Å²) in [5.74, 6) is -0.351. The SMILES string of the molecule is O=C([O-])c1ccc(-c2ccc(C=Nc3c[nH]c(=O)[nH]c3=O)o2)cc1. The fourth-order valence-electron chi connectivity index (χ4n) is 1.98. The van der Waals surface area contributed by atoms with Crippen molar-refractivity contribution in [1.82, 2.24) is 9.97 Å². The van der Waals surface area contributed by atoms with Gasteiger partial charge in [0, 0.05) is 11.8 Å². The molecule has 120 valence electrons. The van der Waals surface area contributed by atoms with E-state index in [2.05, 4.69) is 15.0 Å². The van der Waals surface area contributed by atoms with E-state index < -0.39 is 17.2 Å². The molecule has 24 heavy (non-hydrogen) atoms. The van der Waals surface area contributed by atoms with Gasteiger partial charge in [0.05, 0.1) is 12.2 Å². The minimum atomic E-state index is -1.25. The normalized spacial score (nSPS) is 11.0. The largest absolute Gasteiger partial charge is 0.545 e. The molecule has 0 radical (unpaired) electrons. The highest BCUT2D eigenvalue weighted by Gasteiger charge is 2.04. The van der Waals surface area contributed by atoms with Gasteiger partial charge in [-0.2, -0.15) is 0 Å². The van der Waals surface area contributed by atoms with Crippen LogP contribution in [0.3, 0.4) is 0 Å². The highest BCUT2D eigenvalue weighted by Crippen LogP contribution is 2.22. The molecule has 2 N–H and O–H groups in total. The van der Waals surface area contributed by atoms with E-state index in [9.17, 15) is 19.5 Å². The number of furan rings is 1. The number of hydrogen-bond acceptors (Lipinski definition) is 6. The summed E-state index contributed by atoms with van der Waals surface area (Å²) in [6, 6.07) is 9.36. The second-order valence-corrected chi connectivity index (χ2v) is 4.78. The van der Waals surface area contributed by atoms with Crippen molar-refractivity contribution in [3.63, 3.8) is 0 Å². The number of H-pyrrole nitrogens is 2. The van der Waals surface area contributed by atoms with E-state index in [1.54, 1.807) is 24.3 Å². The highest BCUT2D eigenvalue weighted by molar-refractivity contribution is 5.86. The van der Waals surface area contributed by atoms with Gasteiger partial charge in [0.1, 0.15) is 17.2 Å². The standard InChI is InChI=1S/C16H11N3O5/c20-14-12(8-18-16(23)19-14)17-7-11-5-6-13(24-11)9-1-3-10(4-2-9)15(21)22/h1-8H,(H,21,22)(H2,18,19,20,23)/p-1. The number of aromatic carboxylic acids is 1. The Morgan fingerprint density at radius 1 is 1.12 bits per heavy atom. The molecule has 0 atom stereocenters. The second kappa shape index (κ2) is 6.21. The van der Waals surface area contributed by atoms with Gasteiger partial charge in [-0.3, -0.25) is 9.78 Å². The van der Waals surface area contributed by atoms with Gasteiger partial charge in [0.2, 0.25) is 0 Å². The number of aromatic amines is 2. The van der Waals surface area contributed by atoms with E-state index >= 15 is 0 Å². The van der Waals surface area contributed by atoms with Gasteiger partial charge < -0.3 is 19.3 Å². The average molecular weight is 324 g/mol. The first-order chi connectivity index (χ1) is 11.5. The Morgan fingerprint density at radius 2 is 1.88 bits per heavy atom. The maximum absolute atomic E-state index is 11.5. The molecule has 2 aromatic heterocycles. The monoisotopic (exact) mass is 324 g/mol. The first kappa shape index (κ1) is 15.2. The van der Waals surface area contributed by atoms with Crippen molar-refractivity contribution >= 4 is 17.9 Å². The van der Waals surface area contributed by atoms with Crippen LogP contribution in [0.4, 0.5) is 5.69 Å². The molecule has 0 aliphatic rings. The molecule has 0 spiro atoms. The van der Waals surface area contributed by atoms with Gasteiger partial charge in [-0.15, -0.1) is 0 Å². The number of aliphatic imine (C=N–C) groups is 1. The molecule has 0 bridgehead atoms. The molecule has 0 saturated heterocycles. The summed E-state index contributed by atoms with van der Waals surface area (Å²) in [6.45, 7) is 0. The van der Waals surface area contributed by atoms with Crippen molar-refractivity contribution in [3.05, 3.63) is 74.8 Å². The number of carboxylic acid groups (broad SMARTS) is 1. The minimum absolute atomic E-state index is 0.0332. The van der Waals surface area contributed by atoms with E-state index in [0.29, 0.717) is 17.1 Å². The predicted octanol–water partition coefficient (Wildman–Crippen LogP) is 0.437. The molecular weight excluding hydrogens is 314 g/mol. The van der Waals surface area contributed by atoms with E-state index in [4.69, 9.17) is 4.42 Å². The van der Waals surface area contributed by atoms with Crippen LogP contribution in [0.5, 0.6) is 0 Å². The van der Waals surface area contributed by atoms with E-state index in [1.807, 2.05) is 0 Å². The number of carboxylic acids is 1. The third-order valence-corrected chi connectivity index (χ3v) is 3.16. The van der Waals surface area contributed by atoms with Crippen LogP contribution in [0.15, 0.2) is 61.6 Å². The van der Waals surface area contributed by atoms with E-state index in [1.165, 1.54) is 24.5 Å².